The van der Waals surface area contributed by atoms with Crippen LogP contribution in [0.3, 0.4) is 0 Å². The molecule has 0 spiro atoms. The van der Waals surface area contributed by atoms with Crippen LogP contribution in [0.15, 0.2) is 51.7 Å². The van der Waals surface area contributed by atoms with E-state index in [1.165, 1.54) is 17.0 Å². The molecule has 0 fully saturated rings. The van der Waals surface area contributed by atoms with Gasteiger partial charge in [0, 0.05) is 30.4 Å². The molecule has 0 unspecified atom stereocenters. The second-order valence-corrected chi connectivity index (χ2v) is 9.16. The molecule has 1 heterocycles. The predicted octanol–water partition coefficient (Wildman–Crippen LogP) is 2.70. The number of nitrogens with one attached hydrogen (secondary N) is 2. The molecule has 1 aromatic heterocycles. The van der Waals surface area contributed by atoms with Gasteiger partial charge in [0.2, 0.25) is 10.0 Å². The monoisotopic (exact) mass is 522 g/mol. The Labute approximate surface area is 182 Å². The zero-order valence-electron chi connectivity index (χ0n) is 15.7. The quantitative estimate of drug-likeness (QED) is 0.296. The van der Waals surface area contributed by atoms with Gasteiger partial charge in [0.25, 0.3) is 0 Å². The Kier molecular flexibility index (Phi) is 9.19. The highest BCUT2D eigenvalue weighted by Gasteiger charge is 2.21. The lowest BCUT2D eigenvalue weighted by molar-refractivity contribution is 0.518. The van der Waals surface area contributed by atoms with Gasteiger partial charge in [-0.3, -0.25) is 4.99 Å². The first-order valence-electron chi connectivity index (χ1n) is 8.32. The fourth-order valence-corrected chi connectivity index (χ4v) is 3.81. The number of nitrogens with two attached hydrogens (primary N) is 1. The van der Waals surface area contributed by atoms with Crippen molar-refractivity contribution in [2.24, 2.45) is 10.1 Å². The molecule has 2 rings (SSSR count). The third-order valence-electron chi connectivity index (χ3n) is 4.07. The molecule has 0 amide bonds. The topological polar surface area (TPSA) is 96.6 Å². The average Bonchev–Trinajstić information content (AvgIpc) is 3.13. The van der Waals surface area contributed by atoms with E-state index < -0.39 is 10.0 Å². The maximum absolute atomic E-state index is 11.3. The fourth-order valence-electron chi connectivity index (χ4n) is 2.45. The molecule has 150 valence electrons. The Morgan fingerprint density at radius 1 is 1.19 bits per heavy atom. The largest absolute Gasteiger partial charge is 0.356 e. The summed E-state index contributed by atoms with van der Waals surface area (Å²) in [5.74, 6) is 0.746. The highest BCUT2D eigenvalue weighted by atomic mass is 127. The van der Waals surface area contributed by atoms with E-state index >= 15 is 0 Å². The summed E-state index contributed by atoms with van der Waals surface area (Å²) in [6, 6.07) is 10.8. The van der Waals surface area contributed by atoms with Gasteiger partial charge < -0.3 is 10.6 Å². The molecule has 0 radical (unpaired) electrons. The van der Waals surface area contributed by atoms with Crippen LogP contribution in [0.1, 0.15) is 24.3 Å². The lowest BCUT2D eigenvalue weighted by Gasteiger charge is -2.25. The molecule has 27 heavy (non-hydrogen) atoms. The second kappa shape index (κ2) is 10.4. The molecule has 0 aliphatic carbocycles. The number of hydrogen-bond acceptors (Lipinski definition) is 4. The Hall–Kier alpha value is -1.17. The number of guanidine groups is 1. The van der Waals surface area contributed by atoms with Crippen LogP contribution in [-0.2, 0) is 21.9 Å². The van der Waals surface area contributed by atoms with E-state index in [2.05, 4.69) is 47.0 Å². The lowest BCUT2D eigenvalue weighted by Crippen LogP contribution is -2.43. The van der Waals surface area contributed by atoms with Crippen molar-refractivity contribution in [3.63, 3.8) is 0 Å². The number of hydrogen-bond donors (Lipinski definition) is 3. The first-order valence-corrected chi connectivity index (χ1v) is 10.8. The van der Waals surface area contributed by atoms with Crippen LogP contribution in [0.25, 0.3) is 0 Å². The molecular formula is C18H27IN4O2S2. The van der Waals surface area contributed by atoms with Gasteiger partial charge in [0.05, 0.1) is 4.90 Å². The number of aliphatic imine (C=N–C) groups is 1. The molecule has 6 nitrogen and oxygen atoms in total. The SMILES string of the molecule is CN=C(NCCc1ccc(S(N)(=O)=O)cc1)NCC(C)(C)c1cccs1.I. The van der Waals surface area contributed by atoms with Crippen molar-refractivity contribution < 1.29 is 8.42 Å². The van der Waals surface area contributed by atoms with E-state index in [1.54, 1.807) is 30.5 Å². The normalized spacial score (nSPS) is 12.4. The number of rotatable bonds is 7. The third kappa shape index (κ3) is 7.40. The van der Waals surface area contributed by atoms with Crippen molar-refractivity contribution >= 4 is 51.3 Å². The van der Waals surface area contributed by atoms with Gasteiger partial charge in [-0.15, -0.1) is 35.3 Å². The Morgan fingerprint density at radius 3 is 2.37 bits per heavy atom. The van der Waals surface area contributed by atoms with Crippen molar-refractivity contribution in [3.05, 3.63) is 52.2 Å². The van der Waals surface area contributed by atoms with Crippen LogP contribution in [0.2, 0.25) is 0 Å². The smallest absolute Gasteiger partial charge is 0.238 e. The molecule has 0 bridgehead atoms. The maximum atomic E-state index is 11.3. The van der Waals surface area contributed by atoms with Gasteiger partial charge in [-0.05, 0) is 35.6 Å². The molecular weight excluding hydrogens is 495 g/mol. The van der Waals surface area contributed by atoms with Crippen molar-refractivity contribution in [1.29, 1.82) is 0 Å². The Balaban J connectivity index is 0.00000364. The summed E-state index contributed by atoms with van der Waals surface area (Å²) >= 11 is 1.76. The number of halogens is 1. The van der Waals surface area contributed by atoms with E-state index in [0.717, 1.165) is 24.5 Å². The molecule has 2 aromatic rings. The van der Waals surface area contributed by atoms with E-state index in [-0.39, 0.29) is 34.3 Å². The van der Waals surface area contributed by atoms with Crippen molar-refractivity contribution in [3.8, 4) is 0 Å². The fraction of sp³-hybridized carbons (Fsp3) is 0.389. The molecule has 0 atom stereocenters. The molecule has 0 aliphatic heterocycles. The minimum absolute atomic E-state index is 0. The first kappa shape index (κ1) is 23.9. The molecule has 1 aromatic carbocycles. The number of nitrogens with zero attached hydrogens (tertiary/aromatic N) is 1. The van der Waals surface area contributed by atoms with Gasteiger partial charge in [-0.1, -0.05) is 32.0 Å². The van der Waals surface area contributed by atoms with E-state index in [0.29, 0.717) is 6.54 Å². The summed E-state index contributed by atoms with van der Waals surface area (Å²) in [6.07, 6.45) is 0.750. The molecule has 4 N–H and O–H groups in total. The highest BCUT2D eigenvalue weighted by Crippen LogP contribution is 2.26. The van der Waals surface area contributed by atoms with Crippen LogP contribution in [0.4, 0.5) is 0 Å². The third-order valence-corrected chi connectivity index (χ3v) is 6.23. The average molecular weight is 522 g/mol. The summed E-state index contributed by atoms with van der Waals surface area (Å²) < 4.78 is 22.5. The number of primary sulfonamides is 1. The standard InChI is InChI=1S/C18H26N4O2S2.HI/c1-18(2,16-5-4-12-25-16)13-22-17(20-3)21-11-10-14-6-8-15(9-7-14)26(19,23)24;/h4-9,12H,10-11,13H2,1-3H3,(H2,19,23,24)(H2,20,21,22);1H. The highest BCUT2D eigenvalue weighted by molar-refractivity contribution is 14.0. The molecule has 0 saturated carbocycles. The molecule has 0 saturated heterocycles. The van der Waals surface area contributed by atoms with Gasteiger partial charge in [0.1, 0.15) is 0 Å². The Bertz CT molecular complexity index is 833. The van der Waals surface area contributed by atoms with Crippen LogP contribution in [0.5, 0.6) is 0 Å². The van der Waals surface area contributed by atoms with E-state index in [4.69, 9.17) is 5.14 Å². The summed E-state index contributed by atoms with van der Waals surface area (Å²) in [5, 5.41) is 13.8. The molecule has 9 heteroatoms. The number of benzene rings is 1. The zero-order chi connectivity index (χ0) is 19.2. The van der Waals surface area contributed by atoms with Crippen molar-refractivity contribution in [2.75, 3.05) is 20.1 Å². The van der Waals surface area contributed by atoms with Gasteiger partial charge >= 0.3 is 0 Å². The van der Waals surface area contributed by atoms with Gasteiger partial charge in [-0.2, -0.15) is 0 Å². The number of thiophene rings is 1. The zero-order valence-corrected chi connectivity index (χ0v) is 19.7. The van der Waals surface area contributed by atoms with Crippen LogP contribution in [0, 0.1) is 0 Å². The maximum Gasteiger partial charge on any atom is 0.238 e. The first-order chi connectivity index (χ1) is 12.2. The summed E-state index contributed by atoms with van der Waals surface area (Å²) in [4.78, 5) is 5.71. The van der Waals surface area contributed by atoms with Crippen molar-refractivity contribution in [1.82, 2.24) is 10.6 Å². The van der Waals surface area contributed by atoms with Crippen LogP contribution >= 0.6 is 35.3 Å². The van der Waals surface area contributed by atoms with E-state index in [9.17, 15) is 8.42 Å². The predicted molar refractivity (Wildman–Crippen MR) is 124 cm³/mol. The van der Waals surface area contributed by atoms with Crippen molar-refractivity contribution in [2.45, 2.75) is 30.6 Å². The van der Waals surface area contributed by atoms with Crippen LogP contribution < -0.4 is 15.8 Å². The summed E-state index contributed by atoms with van der Waals surface area (Å²) in [7, 11) is -1.90. The molecule has 0 aliphatic rings. The van der Waals surface area contributed by atoms with E-state index in [1.807, 2.05) is 0 Å². The van der Waals surface area contributed by atoms with Gasteiger partial charge in [0.15, 0.2) is 5.96 Å². The summed E-state index contributed by atoms with van der Waals surface area (Å²) in [5.41, 5.74) is 1.05. The number of sulfonamides is 1. The minimum Gasteiger partial charge on any atom is -0.356 e. The lowest BCUT2D eigenvalue weighted by atomic mass is 9.91. The van der Waals surface area contributed by atoms with Gasteiger partial charge in [-0.25, -0.2) is 13.6 Å². The van der Waals surface area contributed by atoms with Crippen LogP contribution in [-0.4, -0.2) is 34.5 Å². The Morgan fingerprint density at radius 2 is 1.85 bits per heavy atom. The summed E-state index contributed by atoms with van der Waals surface area (Å²) in [6.45, 7) is 5.86. The minimum atomic E-state index is -3.64. The second-order valence-electron chi connectivity index (χ2n) is 6.65.